The van der Waals surface area contributed by atoms with Gasteiger partial charge in [-0.3, -0.25) is 4.79 Å². The number of nitrogens with zero attached hydrogens (tertiary/aromatic N) is 2. The fraction of sp³-hybridized carbons (Fsp3) is 0.308. The number of carbonyl (C=O) groups excluding carboxylic acids is 1. The molecular formula is C13H17N5O. The lowest BCUT2D eigenvalue weighted by molar-refractivity contribution is 0.0938. The third-order valence-corrected chi connectivity index (χ3v) is 2.75. The monoisotopic (exact) mass is 259 g/mol. The van der Waals surface area contributed by atoms with E-state index in [1.54, 1.807) is 31.6 Å². The van der Waals surface area contributed by atoms with Gasteiger partial charge in [-0.25, -0.2) is 9.97 Å². The van der Waals surface area contributed by atoms with Crippen LogP contribution >= 0.6 is 0 Å². The highest BCUT2D eigenvalue weighted by Gasteiger charge is 2.14. The standard InChI is InChI=1S/C13H17N5O/c1-8-6-10(7-11(14-3)17-8)13(19)18-9(2)12-15-4-5-16-12/h4-7,9H,1-3H3,(H,14,17)(H,15,16)(H,18,19). The largest absolute Gasteiger partial charge is 0.373 e. The van der Waals surface area contributed by atoms with Gasteiger partial charge in [0.25, 0.3) is 5.91 Å². The number of hydrogen-bond acceptors (Lipinski definition) is 4. The summed E-state index contributed by atoms with van der Waals surface area (Å²) in [5.41, 5.74) is 1.37. The zero-order chi connectivity index (χ0) is 13.8. The van der Waals surface area contributed by atoms with Crippen LogP contribution in [0, 0.1) is 6.92 Å². The number of anilines is 1. The quantitative estimate of drug-likeness (QED) is 0.779. The van der Waals surface area contributed by atoms with E-state index in [9.17, 15) is 4.79 Å². The number of carbonyl (C=O) groups is 1. The Bertz CT molecular complexity index is 564. The van der Waals surface area contributed by atoms with E-state index >= 15 is 0 Å². The minimum atomic E-state index is -0.172. The fourth-order valence-corrected chi connectivity index (χ4v) is 1.79. The van der Waals surface area contributed by atoms with Gasteiger partial charge in [-0.05, 0) is 26.0 Å². The molecule has 0 fully saturated rings. The van der Waals surface area contributed by atoms with Crippen LogP contribution in [0.15, 0.2) is 24.5 Å². The summed E-state index contributed by atoms with van der Waals surface area (Å²) in [6.07, 6.45) is 3.39. The van der Waals surface area contributed by atoms with Crippen molar-refractivity contribution in [1.29, 1.82) is 0 Å². The molecule has 0 saturated carbocycles. The van der Waals surface area contributed by atoms with E-state index in [2.05, 4.69) is 25.6 Å². The molecule has 2 aromatic heterocycles. The van der Waals surface area contributed by atoms with Crippen LogP contribution in [-0.2, 0) is 0 Å². The SMILES string of the molecule is CNc1cc(C(=O)NC(C)c2ncc[nH]2)cc(C)n1. The van der Waals surface area contributed by atoms with Gasteiger partial charge in [0, 0.05) is 30.7 Å². The Morgan fingerprint density at radius 2 is 2.21 bits per heavy atom. The van der Waals surface area contributed by atoms with Crippen molar-refractivity contribution in [3.05, 3.63) is 41.6 Å². The normalized spacial score (nSPS) is 11.9. The van der Waals surface area contributed by atoms with Gasteiger partial charge < -0.3 is 15.6 Å². The molecule has 19 heavy (non-hydrogen) atoms. The van der Waals surface area contributed by atoms with Crippen molar-refractivity contribution >= 4 is 11.7 Å². The van der Waals surface area contributed by atoms with E-state index in [1.807, 2.05) is 13.8 Å². The first-order chi connectivity index (χ1) is 9.10. The van der Waals surface area contributed by atoms with Gasteiger partial charge in [0.2, 0.25) is 0 Å². The van der Waals surface area contributed by atoms with Crippen molar-refractivity contribution in [2.24, 2.45) is 0 Å². The van der Waals surface area contributed by atoms with Crippen molar-refractivity contribution in [3.63, 3.8) is 0 Å². The third kappa shape index (κ3) is 3.09. The molecule has 6 nitrogen and oxygen atoms in total. The van der Waals surface area contributed by atoms with Crippen LogP contribution in [0.5, 0.6) is 0 Å². The van der Waals surface area contributed by atoms with E-state index in [0.29, 0.717) is 11.4 Å². The van der Waals surface area contributed by atoms with Gasteiger partial charge in [0.05, 0.1) is 6.04 Å². The molecule has 0 aliphatic rings. The van der Waals surface area contributed by atoms with Crippen LogP contribution in [0.4, 0.5) is 5.82 Å². The van der Waals surface area contributed by atoms with Gasteiger partial charge in [0.15, 0.2) is 0 Å². The molecule has 3 N–H and O–H groups in total. The minimum absolute atomic E-state index is 0.147. The van der Waals surface area contributed by atoms with Crippen LogP contribution in [0.3, 0.4) is 0 Å². The zero-order valence-corrected chi connectivity index (χ0v) is 11.2. The molecule has 0 saturated heterocycles. The number of aromatic amines is 1. The van der Waals surface area contributed by atoms with Crippen LogP contribution in [-0.4, -0.2) is 27.9 Å². The molecule has 1 unspecified atom stereocenters. The van der Waals surface area contributed by atoms with E-state index in [-0.39, 0.29) is 11.9 Å². The number of pyridine rings is 1. The highest BCUT2D eigenvalue weighted by atomic mass is 16.1. The summed E-state index contributed by atoms with van der Waals surface area (Å²) in [6, 6.07) is 3.30. The van der Waals surface area contributed by atoms with Gasteiger partial charge in [0.1, 0.15) is 11.6 Å². The van der Waals surface area contributed by atoms with Crippen molar-refractivity contribution in [1.82, 2.24) is 20.3 Å². The molecule has 2 heterocycles. The van der Waals surface area contributed by atoms with Crippen molar-refractivity contribution in [3.8, 4) is 0 Å². The average Bonchev–Trinajstić information content (AvgIpc) is 2.91. The van der Waals surface area contributed by atoms with Gasteiger partial charge in [-0.2, -0.15) is 0 Å². The predicted octanol–water partition coefficient (Wildman–Crippen LogP) is 1.65. The maximum Gasteiger partial charge on any atom is 0.252 e. The van der Waals surface area contributed by atoms with Crippen LogP contribution in [0.1, 0.15) is 34.8 Å². The Kier molecular flexibility index (Phi) is 3.79. The second-order valence-corrected chi connectivity index (χ2v) is 4.30. The zero-order valence-electron chi connectivity index (χ0n) is 11.2. The predicted molar refractivity (Wildman–Crippen MR) is 73.0 cm³/mol. The second-order valence-electron chi connectivity index (χ2n) is 4.30. The van der Waals surface area contributed by atoms with Crippen LogP contribution in [0.25, 0.3) is 0 Å². The Labute approximate surface area is 111 Å². The number of aryl methyl sites for hydroxylation is 1. The van der Waals surface area contributed by atoms with Crippen LogP contribution < -0.4 is 10.6 Å². The first-order valence-corrected chi connectivity index (χ1v) is 6.06. The maximum atomic E-state index is 12.2. The number of rotatable bonds is 4. The molecule has 1 amide bonds. The molecule has 2 rings (SSSR count). The van der Waals surface area contributed by atoms with Gasteiger partial charge in [-0.15, -0.1) is 0 Å². The first kappa shape index (κ1) is 13.1. The second kappa shape index (κ2) is 5.51. The Hall–Kier alpha value is -2.37. The summed E-state index contributed by atoms with van der Waals surface area (Å²) in [4.78, 5) is 23.5. The number of nitrogens with one attached hydrogen (secondary N) is 3. The number of H-pyrrole nitrogens is 1. The Morgan fingerprint density at radius 1 is 1.42 bits per heavy atom. The molecule has 100 valence electrons. The first-order valence-electron chi connectivity index (χ1n) is 6.06. The lowest BCUT2D eigenvalue weighted by atomic mass is 10.2. The molecule has 0 aromatic carbocycles. The Morgan fingerprint density at radius 3 is 2.84 bits per heavy atom. The molecule has 0 radical (unpaired) electrons. The lowest BCUT2D eigenvalue weighted by Crippen LogP contribution is -2.27. The molecular weight excluding hydrogens is 242 g/mol. The molecule has 2 aromatic rings. The van der Waals surface area contributed by atoms with Crippen LogP contribution in [0.2, 0.25) is 0 Å². The molecule has 0 bridgehead atoms. The minimum Gasteiger partial charge on any atom is -0.373 e. The third-order valence-electron chi connectivity index (χ3n) is 2.75. The number of amides is 1. The summed E-state index contributed by atoms with van der Waals surface area (Å²) < 4.78 is 0. The van der Waals surface area contributed by atoms with E-state index in [0.717, 1.165) is 11.5 Å². The summed E-state index contributed by atoms with van der Waals surface area (Å²) >= 11 is 0. The number of aromatic nitrogens is 3. The van der Waals surface area contributed by atoms with Crippen molar-refractivity contribution < 1.29 is 4.79 Å². The molecule has 0 aliphatic carbocycles. The summed E-state index contributed by atoms with van der Waals surface area (Å²) in [7, 11) is 1.77. The summed E-state index contributed by atoms with van der Waals surface area (Å²) in [5, 5.41) is 5.82. The number of hydrogen-bond donors (Lipinski definition) is 3. The number of imidazole rings is 1. The average molecular weight is 259 g/mol. The van der Waals surface area contributed by atoms with E-state index in [4.69, 9.17) is 0 Å². The topological polar surface area (TPSA) is 82.7 Å². The highest BCUT2D eigenvalue weighted by molar-refractivity contribution is 5.95. The summed E-state index contributed by atoms with van der Waals surface area (Å²) in [5.74, 6) is 1.26. The Balaban J connectivity index is 2.13. The van der Waals surface area contributed by atoms with Gasteiger partial charge in [-0.1, -0.05) is 0 Å². The molecule has 0 spiro atoms. The van der Waals surface area contributed by atoms with Crippen molar-refractivity contribution in [2.75, 3.05) is 12.4 Å². The smallest absolute Gasteiger partial charge is 0.252 e. The van der Waals surface area contributed by atoms with E-state index in [1.165, 1.54) is 0 Å². The molecule has 0 aliphatic heterocycles. The fourth-order valence-electron chi connectivity index (χ4n) is 1.79. The molecule has 6 heteroatoms. The lowest BCUT2D eigenvalue weighted by Gasteiger charge is -2.12. The highest BCUT2D eigenvalue weighted by Crippen LogP contribution is 2.12. The van der Waals surface area contributed by atoms with Crippen molar-refractivity contribution in [2.45, 2.75) is 19.9 Å². The van der Waals surface area contributed by atoms with E-state index < -0.39 is 0 Å². The summed E-state index contributed by atoms with van der Waals surface area (Å²) in [6.45, 7) is 3.73. The maximum absolute atomic E-state index is 12.2. The van der Waals surface area contributed by atoms with Gasteiger partial charge >= 0.3 is 0 Å². The molecule has 1 atom stereocenters.